The Morgan fingerprint density at radius 1 is 1.29 bits per heavy atom. The van der Waals surface area contributed by atoms with Crippen LogP contribution in [0, 0.1) is 0 Å². The summed E-state index contributed by atoms with van der Waals surface area (Å²) in [4.78, 5) is 0. The van der Waals surface area contributed by atoms with Crippen LogP contribution in [0.3, 0.4) is 0 Å². The van der Waals surface area contributed by atoms with Crippen LogP contribution in [0.2, 0.25) is 0 Å². The van der Waals surface area contributed by atoms with Crippen molar-refractivity contribution in [2.24, 2.45) is 5.73 Å². The third-order valence-electron chi connectivity index (χ3n) is 4.90. The molecule has 1 aliphatic carbocycles. The van der Waals surface area contributed by atoms with Gasteiger partial charge < -0.3 is 15.2 Å². The summed E-state index contributed by atoms with van der Waals surface area (Å²) >= 11 is 0. The van der Waals surface area contributed by atoms with Crippen molar-refractivity contribution in [1.82, 2.24) is 0 Å². The average Bonchev–Trinajstić information content (AvgIpc) is 2.48. The van der Waals surface area contributed by atoms with Crippen molar-refractivity contribution < 1.29 is 9.47 Å². The molecule has 1 saturated heterocycles. The second-order valence-electron chi connectivity index (χ2n) is 6.69. The Morgan fingerprint density at radius 2 is 2.10 bits per heavy atom. The fourth-order valence-electron chi connectivity index (χ4n) is 3.69. The van der Waals surface area contributed by atoms with Crippen LogP contribution in [0.1, 0.15) is 63.5 Å². The molecule has 3 heteroatoms. The molecule has 21 heavy (non-hydrogen) atoms. The zero-order valence-corrected chi connectivity index (χ0v) is 13.0. The van der Waals surface area contributed by atoms with Crippen LogP contribution in [-0.4, -0.2) is 18.3 Å². The summed E-state index contributed by atoms with van der Waals surface area (Å²) in [6.07, 6.45) is 8.66. The van der Waals surface area contributed by atoms with Gasteiger partial charge in [0.15, 0.2) is 0 Å². The van der Waals surface area contributed by atoms with E-state index >= 15 is 0 Å². The zero-order chi connectivity index (χ0) is 14.7. The average molecular weight is 289 g/mol. The Bertz CT molecular complexity index is 461. The van der Waals surface area contributed by atoms with E-state index in [4.69, 9.17) is 15.2 Å². The molecule has 0 bridgehead atoms. The first-order valence-corrected chi connectivity index (χ1v) is 8.33. The van der Waals surface area contributed by atoms with Crippen LogP contribution < -0.4 is 10.5 Å². The molecule has 2 atom stereocenters. The molecule has 0 radical (unpaired) electrons. The Morgan fingerprint density at radius 3 is 2.86 bits per heavy atom. The van der Waals surface area contributed by atoms with Crippen molar-refractivity contribution in [3.8, 4) is 5.75 Å². The molecule has 116 valence electrons. The molecule has 3 nitrogen and oxygen atoms in total. The first-order valence-electron chi connectivity index (χ1n) is 8.33. The van der Waals surface area contributed by atoms with E-state index in [-0.39, 0.29) is 17.7 Å². The van der Waals surface area contributed by atoms with E-state index in [1.807, 2.05) is 19.1 Å². The van der Waals surface area contributed by atoms with Crippen LogP contribution in [0.4, 0.5) is 0 Å². The Balaban J connectivity index is 1.65. The smallest absolute Gasteiger partial charge is 0.120 e. The largest absolute Gasteiger partial charge is 0.490 e. The topological polar surface area (TPSA) is 44.5 Å². The van der Waals surface area contributed by atoms with Gasteiger partial charge in [-0.2, -0.15) is 0 Å². The standard InChI is InChI=1S/C18H27NO2/c1-14(19)15-6-5-7-16(12-15)21-17-8-11-20-18(13-17)9-3-2-4-10-18/h5-7,12,14,17H,2-4,8-11,13,19H2,1H3/t14-,17?/m0/s1. The minimum atomic E-state index is 0.0490. The van der Waals surface area contributed by atoms with E-state index in [1.54, 1.807) is 0 Å². The normalized spacial score (nSPS) is 26.5. The molecular formula is C18H27NO2. The molecule has 1 aromatic rings. The van der Waals surface area contributed by atoms with E-state index in [1.165, 1.54) is 32.1 Å². The number of ether oxygens (including phenoxy) is 2. The number of rotatable bonds is 3. The quantitative estimate of drug-likeness (QED) is 0.915. The van der Waals surface area contributed by atoms with E-state index < -0.39 is 0 Å². The van der Waals surface area contributed by atoms with Gasteiger partial charge in [0.25, 0.3) is 0 Å². The van der Waals surface area contributed by atoms with Gasteiger partial charge >= 0.3 is 0 Å². The third kappa shape index (κ3) is 3.58. The van der Waals surface area contributed by atoms with Crippen LogP contribution in [0.25, 0.3) is 0 Å². The number of nitrogens with two attached hydrogens (primary N) is 1. The second kappa shape index (κ2) is 6.37. The molecule has 1 spiro atoms. The first-order chi connectivity index (χ1) is 10.2. The Kier molecular flexibility index (Phi) is 4.51. The van der Waals surface area contributed by atoms with Crippen molar-refractivity contribution in [2.75, 3.05) is 6.61 Å². The maximum absolute atomic E-state index is 6.24. The van der Waals surface area contributed by atoms with Crippen LogP contribution in [0.15, 0.2) is 24.3 Å². The van der Waals surface area contributed by atoms with Gasteiger partial charge in [-0.25, -0.2) is 0 Å². The fraction of sp³-hybridized carbons (Fsp3) is 0.667. The van der Waals surface area contributed by atoms with Crippen LogP contribution in [-0.2, 0) is 4.74 Å². The zero-order valence-electron chi connectivity index (χ0n) is 13.0. The lowest BCUT2D eigenvalue weighted by Crippen LogP contribution is -2.45. The van der Waals surface area contributed by atoms with Crippen molar-refractivity contribution in [1.29, 1.82) is 0 Å². The van der Waals surface area contributed by atoms with Crippen molar-refractivity contribution in [3.05, 3.63) is 29.8 Å². The minimum Gasteiger partial charge on any atom is -0.490 e. The summed E-state index contributed by atoms with van der Waals surface area (Å²) in [5.41, 5.74) is 7.18. The highest BCUT2D eigenvalue weighted by Gasteiger charge is 2.39. The van der Waals surface area contributed by atoms with Gasteiger partial charge in [-0.05, 0) is 37.5 Å². The fourth-order valence-corrected chi connectivity index (χ4v) is 3.69. The van der Waals surface area contributed by atoms with E-state index in [0.29, 0.717) is 0 Å². The molecule has 0 aromatic heterocycles. The predicted octanol–water partition coefficient (Wildman–Crippen LogP) is 3.97. The molecule has 1 unspecified atom stereocenters. The Labute approximate surface area is 127 Å². The molecule has 1 saturated carbocycles. The highest BCUT2D eigenvalue weighted by molar-refractivity contribution is 5.30. The second-order valence-corrected chi connectivity index (χ2v) is 6.69. The third-order valence-corrected chi connectivity index (χ3v) is 4.90. The lowest BCUT2D eigenvalue weighted by Gasteiger charge is -2.43. The van der Waals surface area contributed by atoms with Crippen molar-refractivity contribution >= 4 is 0 Å². The molecule has 2 N–H and O–H groups in total. The summed E-state index contributed by atoms with van der Waals surface area (Å²) in [6, 6.07) is 8.25. The molecule has 1 aromatic carbocycles. The molecule has 2 fully saturated rings. The molecule has 1 heterocycles. The number of hydrogen-bond donors (Lipinski definition) is 1. The monoisotopic (exact) mass is 289 g/mol. The van der Waals surface area contributed by atoms with E-state index in [9.17, 15) is 0 Å². The van der Waals surface area contributed by atoms with Gasteiger partial charge in [0.05, 0.1) is 12.2 Å². The van der Waals surface area contributed by atoms with Crippen LogP contribution >= 0.6 is 0 Å². The highest BCUT2D eigenvalue weighted by atomic mass is 16.5. The van der Waals surface area contributed by atoms with Gasteiger partial charge in [-0.1, -0.05) is 31.4 Å². The predicted molar refractivity (Wildman–Crippen MR) is 84.5 cm³/mol. The molecule has 0 amide bonds. The summed E-state index contributed by atoms with van der Waals surface area (Å²) in [5.74, 6) is 0.947. The highest BCUT2D eigenvalue weighted by Crippen LogP contribution is 2.39. The summed E-state index contributed by atoms with van der Waals surface area (Å²) in [6.45, 7) is 2.84. The maximum atomic E-state index is 6.24. The molecular weight excluding hydrogens is 262 g/mol. The molecule has 1 aliphatic heterocycles. The molecule has 3 rings (SSSR count). The van der Waals surface area contributed by atoms with Crippen molar-refractivity contribution in [3.63, 3.8) is 0 Å². The summed E-state index contributed by atoms with van der Waals surface area (Å²) < 4.78 is 12.4. The van der Waals surface area contributed by atoms with Gasteiger partial charge in [-0.3, -0.25) is 0 Å². The van der Waals surface area contributed by atoms with Gasteiger partial charge in [-0.15, -0.1) is 0 Å². The van der Waals surface area contributed by atoms with Gasteiger partial charge in [0.1, 0.15) is 11.9 Å². The number of hydrogen-bond acceptors (Lipinski definition) is 3. The maximum Gasteiger partial charge on any atom is 0.120 e. The van der Waals surface area contributed by atoms with Crippen LogP contribution in [0.5, 0.6) is 5.75 Å². The van der Waals surface area contributed by atoms with Gasteiger partial charge in [0.2, 0.25) is 0 Å². The van der Waals surface area contributed by atoms with Crippen molar-refractivity contribution in [2.45, 2.75) is 69.6 Å². The summed E-state index contributed by atoms with van der Waals surface area (Å²) in [5, 5.41) is 0. The lowest BCUT2D eigenvalue weighted by atomic mass is 9.79. The Hall–Kier alpha value is -1.06. The first kappa shape index (κ1) is 14.9. The van der Waals surface area contributed by atoms with Gasteiger partial charge in [0, 0.05) is 18.9 Å². The summed E-state index contributed by atoms with van der Waals surface area (Å²) in [7, 11) is 0. The van der Waals surface area contributed by atoms with E-state index in [0.717, 1.165) is 30.8 Å². The van der Waals surface area contributed by atoms with E-state index in [2.05, 4.69) is 12.1 Å². The number of benzene rings is 1. The SMILES string of the molecule is C[C@H](N)c1cccc(OC2CCOC3(CCCCC3)C2)c1. The lowest BCUT2D eigenvalue weighted by molar-refractivity contribution is -0.129. The minimum absolute atomic E-state index is 0.0490. The molecule has 2 aliphatic rings.